The third-order valence-corrected chi connectivity index (χ3v) is 6.42. The molecule has 2 aromatic rings. The molecule has 1 spiro atoms. The van der Waals surface area contributed by atoms with Gasteiger partial charge in [-0.05, 0) is 75.8 Å². The molecule has 4 heteroatoms. The molecule has 1 aliphatic heterocycles. The number of benzene rings is 2. The van der Waals surface area contributed by atoms with Gasteiger partial charge in [0, 0.05) is 11.1 Å². The summed E-state index contributed by atoms with van der Waals surface area (Å²) in [6.45, 7) is 6.17. The smallest absolute Gasteiger partial charge is 0.260 e. The molecule has 2 aliphatic rings. The average molecular weight is 391 g/mol. The van der Waals surface area contributed by atoms with Gasteiger partial charge in [0.25, 0.3) is 5.91 Å². The molecule has 0 aromatic heterocycles. The van der Waals surface area contributed by atoms with Gasteiger partial charge in [0.15, 0.2) is 0 Å². The van der Waals surface area contributed by atoms with Crippen molar-refractivity contribution in [1.82, 2.24) is 4.90 Å². The average Bonchev–Trinajstić information content (AvgIpc) is 2.95. The van der Waals surface area contributed by atoms with E-state index in [4.69, 9.17) is 17.2 Å². The zero-order valence-corrected chi connectivity index (χ0v) is 17.6. The molecule has 0 saturated heterocycles. The van der Waals surface area contributed by atoms with Crippen molar-refractivity contribution in [2.45, 2.75) is 58.5 Å². The van der Waals surface area contributed by atoms with Crippen LogP contribution in [0.1, 0.15) is 64.7 Å². The summed E-state index contributed by atoms with van der Waals surface area (Å²) in [6.07, 6.45) is 5.08. The van der Waals surface area contributed by atoms with Gasteiger partial charge in [0.2, 0.25) is 0 Å². The van der Waals surface area contributed by atoms with Gasteiger partial charge in [0.1, 0.15) is 16.4 Å². The second-order valence-corrected chi connectivity index (χ2v) is 8.50. The molecule has 1 aliphatic carbocycles. The second-order valence-electron chi connectivity index (χ2n) is 8.12. The third-order valence-electron chi connectivity index (χ3n) is 6.04. The number of carbonyl (C=O) groups is 1. The van der Waals surface area contributed by atoms with Gasteiger partial charge in [-0.1, -0.05) is 48.5 Å². The van der Waals surface area contributed by atoms with Crippen molar-refractivity contribution in [3.8, 4) is 0 Å². The molecule has 0 bridgehead atoms. The molecule has 1 amide bonds. The Kier molecular flexibility index (Phi) is 4.92. The lowest BCUT2D eigenvalue weighted by atomic mass is 9.88. The zero-order chi connectivity index (χ0) is 19.9. The summed E-state index contributed by atoms with van der Waals surface area (Å²) in [5.41, 5.74) is 5.43. The van der Waals surface area contributed by atoms with E-state index in [0.717, 1.165) is 42.5 Å². The molecule has 2 aromatic carbocycles. The van der Waals surface area contributed by atoms with Crippen molar-refractivity contribution in [2.75, 3.05) is 0 Å². The number of rotatable bonds is 2. The predicted octanol–water partition coefficient (Wildman–Crippen LogP) is 5.54. The van der Waals surface area contributed by atoms with E-state index in [1.54, 1.807) is 0 Å². The number of thiocarbonyl (C=S) groups is 1. The highest BCUT2D eigenvalue weighted by Gasteiger charge is 2.48. The Labute approximate surface area is 172 Å². The van der Waals surface area contributed by atoms with Crippen LogP contribution < -0.4 is 0 Å². The minimum absolute atomic E-state index is 0.0265. The van der Waals surface area contributed by atoms with Crippen molar-refractivity contribution in [2.24, 2.45) is 4.99 Å². The Balaban J connectivity index is 1.78. The van der Waals surface area contributed by atoms with Crippen molar-refractivity contribution >= 4 is 28.8 Å². The van der Waals surface area contributed by atoms with Crippen molar-refractivity contribution in [1.29, 1.82) is 0 Å². The van der Waals surface area contributed by atoms with Gasteiger partial charge >= 0.3 is 0 Å². The minimum Gasteiger partial charge on any atom is -0.271 e. The number of hydrogen-bond acceptors (Lipinski definition) is 3. The molecular weight excluding hydrogens is 364 g/mol. The first kappa shape index (κ1) is 19.0. The fourth-order valence-electron chi connectivity index (χ4n) is 4.32. The van der Waals surface area contributed by atoms with Gasteiger partial charge in [-0.15, -0.1) is 0 Å². The number of amides is 1. The van der Waals surface area contributed by atoms with Crippen LogP contribution in [0.5, 0.6) is 0 Å². The van der Waals surface area contributed by atoms with E-state index < -0.39 is 5.66 Å². The summed E-state index contributed by atoms with van der Waals surface area (Å²) in [5, 5.41) is 0. The fraction of sp³-hybridized carbons (Fsp3) is 0.375. The van der Waals surface area contributed by atoms with Gasteiger partial charge in [-0.2, -0.15) is 0 Å². The first-order valence-electron chi connectivity index (χ1n) is 10.0. The molecule has 1 fully saturated rings. The van der Waals surface area contributed by atoms with E-state index in [0.29, 0.717) is 10.6 Å². The van der Waals surface area contributed by atoms with Crippen molar-refractivity contribution in [3.63, 3.8) is 0 Å². The predicted molar refractivity (Wildman–Crippen MR) is 118 cm³/mol. The van der Waals surface area contributed by atoms with Gasteiger partial charge in [-0.25, -0.2) is 0 Å². The summed E-state index contributed by atoms with van der Waals surface area (Å²) in [7, 11) is 0. The van der Waals surface area contributed by atoms with Crippen LogP contribution in [0.25, 0.3) is 0 Å². The molecule has 1 saturated carbocycles. The van der Waals surface area contributed by atoms with E-state index in [-0.39, 0.29) is 5.91 Å². The van der Waals surface area contributed by atoms with E-state index in [9.17, 15) is 4.79 Å². The number of hydrogen-bond donors (Lipinski definition) is 0. The summed E-state index contributed by atoms with van der Waals surface area (Å²) in [6, 6.07) is 14.1. The van der Waals surface area contributed by atoms with Crippen LogP contribution in [0.4, 0.5) is 0 Å². The van der Waals surface area contributed by atoms with E-state index in [1.807, 2.05) is 42.2 Å². The molecule has 0 radical (unpaired) electrons. The molecule has 0 atom stereocenters. The number of aliphatic imine (C=N–C) groups is 1. The summed E-state index contributed by atoms with van der Waals surface area (Å²) in [5.74, 6) is -0.0265. The quantitative estimate of drug-likeness (QED) is 0.630. The Morgan fingerprint density at radius 3 is 2.43 bits per heavy atom. The van der Waals surface area contributed by atoms with Crippen molar-refractivity contribution < 1.29 is 4.79 Å². The van der Waals surface area contributed by atoms with Gasteiger partial charge in [-0.3, -0.25) is 14.7 Å². The molecule has 1 heterocycles. The molecule has 4 rings (SSSR count). The highest BCUT2D eigenvalue weighted by Crippen LogP contribution is 2.41. The summed E-state index contributed by atoms with van der Waals surface area (Å²) >= 11 is 5.85. The maximum absolute atomic E-state index is 13.6. The lowest BCUT2D eigenvalue weighted by molar-refractivity contribution is 0.0648. The first-order valence-corrected chi connectivity index (χ1v) is 10.5. The lowest BCUT2D eigenvalue weighted by Gasteiger charge is -2.39. The Bertz CT molecular complexity index is 986. The number of nitrogens with zero attached hydrogens (tertiary/aromatic N) is 2. The maximum atomic E-state index is 13.6. The molecule has 28 heavy (non-hydrogen) atoms. The molecule has 144 valence electrons. The first-order chi connectivity index (χ1) is 13.4. The standard InChI is InChI=1S/C24H26N2OS/c1-16-8-7-9-19(14-16)21-23(28)26(24(25-21)12-5-4-6-13-24)22(27)20-11-10-17(2)18(3)15-20/h7-11,14-15H,4-6,12-13H2,1-3H3. The largest absolute Gasteiger partial charge is 0.271 e. The summed E-state index contributed by atoms with van der Waals surface area (Å²) in [4.78, 5) is 21.1. The van der Waals surface area contributed by atoms with Crippen LogP contribution in [0.3, 0.4) is 0 Å². The van der Waals surface area contributed by atoms with E-state index in [1.165, 1.54) is 17.5 Å². The minimum atomic E-state index is -0.524. The SMILES string of the molecule is Cc1cccc(C2=NC3(CCCCC3)N(C(=O)c3ccc(C)c(C)c3)C2=S)c1. The van der Waals surface area contributed by atoms with Crippen LogP contribution in [-0.4, -0.2) is 27.2 Å². The Hall–Kier alpha value is -2.33. The van der Waals surface area contributed by atoms with Crippen LogP contribution in [0, 0.1) is 20.8 Å². The lowest BCUT2D eigenvalue weighted by Crippen LogP contribution is -2.50. The van der Waals surface area contributed by atoms with Crippen LogP contribution in [-0.2, 0) is 0 Å². The van der Waals surface area contributed by atoms with Crippen LogP contribution in [0.15, 0.2) is 47.5 Å². The summed E-state index contributed by atoms with van der Waals surface area (Å²) < 4.78 is 0. The molecule has 0 unspecified atom stereocenters. The Morgan fingerprint density at radius 2 is 1.75 bits per heavy atom. The van der Waals surface area contributed by atoms with Gasteiger partial charge in [0.05, 0.1) is 0 Å². The fourth-order valence-corrected chi connectivity index (χ4v) is 4.74. The van der Waals surface area contributed by atoms with Crippen LogP contribution in [0.2, 0.25) is 0 Å². The topological polar surface area (TPSA) is 32.7 Å². The highest BCUT2D eigenvalue weighted by molar-refractivity contribution is 7.82. The van der Waals surface area contributed by atoms with E-state index >= 15 is 0 Å². The zero-order valence-electron chi connectivity index (χ0n) is 16.8. The third kappa shape index (κ3) is 3.20. The van der Waals surface area contributed by atoms with Crippen LogP contribution >= 0.6 is 12.2 Å². The molecule has 0 N–H and O–H groups in total. The maximum Gasteiger partial charge on any atom is 0.260 e. The number of aryl methyl sites for hydroxylation is 3. The highest BCUT2D eigenvalue weighted by atomic mass is 32.1. The second kappa shape index (κ2) is 7.25. The van der Waals surface area contributed by atoms with E-state index in [2.05, 4.69) is 26.0 Å². The Morgan fingerprint density at radius 1 is 1.00 bits per heavy atom. The monoisotopic (exact) mass is 390 g/mol. The molecular formula is C24H26N2OS. The normalized spacial score (nSPS) is 18.5. The van der Waals surface area contributed by atoms with Gasteiger partial charge < -0.3 is 0 Å². The van der Waals surface area contributed by atoms with Crippen molar-refractivity contribution in [3.05, 3.63) is 70.3 Å². The number of carbonyl (C=O) groups excluding carboxylic acids is 1. The molecule has 3 nitrogen and oxygen atoms in total.